The van der Waals surface area contributed by atoms with Crippen molar-refractivity contribution < 1.29 is 0 Å². The second kappa shape index (κ2) is 6.83. The predicted molar refractivity (Wildman–Crippen MR) is 72.3 cm³/mol. The maximum atomic E-state index is 3.52. The smallest absolute Gasteiger partial charge is 0.00926 e. The maximum absolute atomic E-state index is 3.52. The van der Waals surface area contributed by atoms with Crippen molar-refractivity contribution in [2.24, 2.45) is 11.8 Å². The molecular formula is C13H27ClN2. The summed E-state index contributed by atoms with van der Waals surface area (Å²) in [6.45, 7) is 9.98. The minimum Gasteiger partial charge on any atom is -0.316 e. The highest BCUT2D eigenvalue weighted by atomic mass is 35.5. The van der Waals surface area contributed by atoms with Gasteiger partial charge in [-0.1, -0.05) is 6.92 Å². The van der Waals surface area contributed by atoms with E-state index in [9.17, 15) is 0 Å². The lowest BCUT2D eigenvalue weighted by Crippen LogP contribution is -2.47. The topological polar surface area (TPSA) is 15.3 Å². The van der Waals surface area contributed by atoms with Gasteiger partial charge in [0.1, 0.15) is 0 Å². The monoisotopic (exact) mass is 246 g/mol. The van der Waals surface area contributed by atoms with Crippen LogP contribution in [0, 0.1) is 11.8 Å². The lowest BCUT2D eigenvalue weighted by atomic mass is 9.90. The Bertz CT molecular complexity index is 192. The van der Waals surface area contributed by atoms with Crippen molar-refractivity contribution in [2.45, 2.75) is 45.6 Å². The molecule has 0 amide bonds. The van der Waals surface area contributed by atoms with Crippen LogP contribution in [0.2, 0.25) is 0 Å². The molecule has 2 fully saturated rings. The molecule has 0 aromatic heterocycles. The Morgan fingerprint density at radius 2 is 2.00 bits per heavy atom. The molecule has 2 aliphatic heterocycles. The molecule has 3 unspecified atom stereocenters. The highest BCUT2D eigenvalue weighted by Crippen LogP contribution is 2.24. The number of halogens is 1. The second-order valence-electron chi connectivity index (χ2n) is 5.57. The molecule has 0 aromatic rings. The van der Waals surface area contributed by atoms with Crippen LogP contribution >= 0.6 is 12.4 Å². The maximum Gasteiger partial charge on any atom is 0.00926 e. The van der Waals surface area contributed by atoms with E-state index in [0.717, 1.165) is 17.9 Å². The van der Waals surface area contributed by atoms with Crippen molar-refractivity contribution in [3.8, 4) is 0 Å². The fraction of sp³-hybridized carbons (Fsp3) is 1.00. The average Bonchev–Trinajstić information content (AvgIpc) is 2.26. The number of nitrogens with zero attached hydrogens (tertiary/aromatic N) is 1. The van der Waals surface area contributed by atoms with Crippen LogP contribution in [0.25, 0.3) is 0 Å². The van der Waals surface area contributed by atoms with Crippen molar-refractivity contribution in [3.05, 3.63) is 0 Å². The largest absolute Gasteiger partial charge is 0.316 e. The van der Waals surface area contributed by atoms with Gasteiger partial charge in [0.05, 0.1) is 0 Å². The van der Waals surface area contributed by atoms with Gasteiger partial charge in [-0.3, -0.25) is 0 Å². The average molecular weight is 247 g/mol. The van der Waals surface area contributed by atoms with Crippen LogP contribution in [-0.4, -0.2) is 37.1 Å². The van der Waals surface area contributed by atoms with E-state index >= 15 is 0 Å². The Balaban J connectivity index is 0.00000128. The lowest BCUT2D eigenvalue weighted by molar-refractivity contribution is 0.0895. The van der Waals surface area contributed by atoms with E-state index in [1.165, 1.54) is 51.9 Å². The van der Waals surface area contributed by atoms with Crippen LogP contribution in [0.15, 0.2) is 0 Å². The summed E-state index contributed by atoms with van der Waals surface area (Å²) in [7, 11) is 0. The third-order valence-electron chi connectivity index (χ3n) is 4.40. The quantitative estimate of drug-likeness (QED) is 0.806. The molecule has 2 nitrogen and oxygen atoms in total. The van der Waals surface area contributed by atoms with Crippen LogP contribution in [0.4, 0.5) is 0 Å². The molecule has 2 saturated heterocycles. The van der Waals surface area contributed by atoms with Crippen LogP contribution in [0.3, 0.4) is 0 Å². The summed E-state index contributed by atoms with van der Waals surface area (Å²) < 4.78 is 0. The summed E-state index contributed by atoms with van der Waals surface area (Å²) in [4.78, 5) is 2.73. The summed E-state index contributed by atoms with van der Waals surface area (Å²) in [5.74, 6) is 1.81. The first-order chi connectivity index (χ1) is 7.27. The third kappa shape index (κ3) is 3.61. The molecule has 0 aliphatic carbocycles. The van der Waals surface area contributed by atoms with Gasteiger partial charge in [-0.2, -0.15) is 0 Å². The third-order valence-corrected chi connectivity index (χ3v) is 4.40. The van der Waals surface area contributed by atoms with Crippen molar-refractivity contribution >= 4 is 12.4 Å². The van der Waals surface area contributed by atoms with Crippen LogP contribution in [0.5, 0.6) is 0 Å². The van der Waals surface area contributed by atoms with Gasteiger partial charge in [-0.25, -0.2) is 0 Å². The highest BCUT2D eigenvalue weighted by Gasteiger charge is 2.26. The van der Waals surface area contributed by atoms with Gasteiger partial charge in [0.25, 0.3) is 0 Å². The first kappa shape index (κ1) is 14.3. The molecule has 3 heteroatoms. The lowest BCUT2D eigenvalue weighted by Gasteiger charge is -2.40. The molecule has 2 aliphatic rings. The molecule has 0 aromatic carbocycles. The first-order valence-electron chi connectivity index (χ1n) is 6.72. The molecule has 0 spiro atoms. The number of rotatable bonds is 2. The molecule has 0 saturated carbocycles. The van der Waals surface area contributed by atoms with Gasteiger partial charge in [-0.15, -0.1) is 12.4 Å². The molecular weight excluding hydrogens is 220 g/mol. The van der Waals surface area contributed by atoms with E-state index in [-0.39, 0.29) is 12.4 Å². The SMILES string of the molecule is CC1CCCN(CC2CCCNC2)C1C.Cl. The molecule has 2 heterocycles. The molecule has 0 bridgehead atoms. The van der Waals surface area contributed by atoms with Crippen molar-refractivity contribution in [1.29, 1.82) is 0 Å². The zero-order valence-corrected chi connectivity index (χ0v) is 11.6. The summed E-state index contributed by atoms with van der Waals surface area (Å²) in [6, 6.07) is 0.806. The number of likely N-dealkylation sites (tertiary alicyclic amines) is 1. The summed E-state index contributed by atoms with van der Waals surface area (Å²) in [5.41, 5.74) is 0. The van der Waals surface area contributed by atoms with Gasteiger partial charge in [0, 0.05) is 12.6 Å². The summed E-state index contributed by atoms with van der Waals surface area (Å²) in [6.07, 6.45) is 5.65. The molecule has 16 heavy (non-hydrogen) atoms. The van der Waals surface area contributed by atoms with Crippen LogP contribution in [-0.2, 0) is 0 Å². The van der Waals surface area contributed by atoms with Crippen molar-refractivity contribution in [3.63, 3.8) is 0 Å². The van der Waals surface area contributed by atoms with Gasteiger partial charge in [0.2, 0.25) is 0 Å². The van der Waals surface area contributed by atoms with Crippen molar-refractivity contribution in [2.75, 3.05) is 26.2 Å². The number of hydrogen-bond acceptors (Lipinski definition) is 2. The molecule has 3 atom stereocenters. The standard InChI is InChI=1S/C13H26N2.ClH/c1-11-5-4-8-15(12(11)2)10-13-6-3-7-14-9-13;/h11-14H,3-10H2,1-2H3;1H. The predicted octanol–water partition coefficient (Wildman–Crippen LogP) is 2.53. The molecule has 96 valence electrons. The highest BCUT2D eigenvalue weighted by molar-refractivity contribution is 5.85. The van der Waals surface area contributed by atoms with Gasteiger partial charge >= 0.3 is 0 Å². The Kier molecular flexibility index (Phi) is 6.09. The normalized spacial score (nSPS) is 36.8. The minimum absolute atomic E-state index is 0. The van der Waals surface area contributed by atoms with Crippen molar-refractivity contribution in [1.82, 2.24) is 10.2 Å². The van der Waals surface area contributed by atoms with Crippen LogP contribution < -0.4 is 5.32 Å². The second-order valence-corrected chi connectivity index (χ2v) is 5.57. The van der Waals surface area contributed by atoms with E-state index < -0.39 is 0 Å². The van der Waals surface area contributed by atoms with Gasteiger partial charge < -0.3 is 10.2 Å². The zero-order chi connectivity index (χ0) is 10.7. The molecule has 1 N–H and O–H groups in total. The fourth-order valence-electron chi connectivity index (χ4n) is 3.09. The number of hydrogen-bond donors (Lipinski definition) is 1. The number of nitrogens with one attached hydrogen (secondary N) is 1. The van der Waals surface area contributed by atoms with E-state index in [2.05, 4.69) is 24.1 Å². The molecule has 0 radical (unpaired) electrons. The van der Waals surface area contributed by atoms with E-state index in [4.69, 9.17) is 0 Å². The Hall–Kier alpha value is 0.210. The summed E-state index contributed by atoms with van der Waals surface area (Å²) in [5, 5.41) is 3.52. The van der Waals surface area contributed by atoms with E-state index in [1.807, 2.05) is 0 Å². The minimum atomic E-state index is 0. The van der Waals surface area contributed by atoms with Crippen LogP contribution in [0.1, 0.15) is 39.5 Å². The Morgan fingerprint density at radius 3 is 2.69 bits per heavy atom. The summed E-state index contributed by atoms with van der Waals surface area (Å²) >= 11 is 0. The first-order valence-corrected chi connectivity index (χ1v) is 6.72. The Morgan fingerprint density at radius 1 is 1.19 bits per heavy atom. The fourth-order valence-corrected chi connectivity index (χ4v) is 3.09. The Labute approximate surface area is 107 Å². The zero-order valence-electron chi connectivity index (χ0n) is 10.7. The van der Waals surface area contributed by atoms with Gasteiger partial charge in [0.15, 0.2) is 0 Å². The van der Waals surface area contributed by atoms with E-state index in [1.54, 1.807) is 0 Å². The molecule has 2 rings (SSSR count). The van der Waals surface area contributed by atoms with Gasteiger partial charge in [-0.05, 0) is 64.1 Å². The van der Waals surface area contributed by atoms with E-state index in [0.29, 0.717) is 0 Å². The number of piperidine rings is 2.